The van der Waals surface area contributed by atoms with Crippen molar-refractivity contribution in [3.63, 3.8) is 0 Å². The number of aromatic nitrogens is 1. The molecule has 2 rings (SSSR count). The molecule has 1 amide bonds. The van der Waals surface area contributed by atoms with Gasteiger partial charge in [-0.25, -0.2) is 0 Å². The number of nitriles is 1. The van der Waals surface area contributed by atoms with Crippen LogP contribution in [0.15, 0.2) is 48.8 Å². The van der Waals surface area contributed by atoms with Gasteiger partial charge in [-0.1, -0.05) is 12.1 Å². The maximum Gasteiger partial charge on any atom is 0.306 e. The second-order valence-electron chi connectivity index (χ2n) is 5.80. The molecule has 0 aliphatic heterocycles. The lowest BCUT2D eigenvalue weighted by atomic mass is 10.1. The monoisotopic (exact) mass is 339 g/mol. The number of carbonyl (C=O) groups excluding carboxylic acids is 1. The highest BCUT2D eigenvalue weighted by molar-refractivity contribution is 5.84. The quantitative estimate of drug-likeness (QED) is 0.686. The smallest absolute Gasteiger partial charge is 0.306 e. The number of carbonyl (C=O) groups is 2. The van der Waals surface area contributed by atoms with E-state index < -0.39 is 12.0 Å². The summed E-state index contributed by atoms with van der Waals surface area (Å²) in [6.45, 7) is 0.506. The van der Waals surface area contributed by atoms with Crippen LogP contribution in [-0.2, 0) is 16.0 Å². The Labute approximate surface area is 146 Å². The van der Waals surface area contributed by atoms with E-state index in [9.17, 15) is 9.59 Å². The van der Waals surface area contributed by atoms with Crippen LogP contribution in [0.2, 0.25) is 0 Å². The Morgan fingerprint density at radius 2 is 1.84 bits per heavy atom. The molecule has 1 aromatic carbocycles. The molecule has 1 aromatic heterocycles. The molecule has 0 saturated heterocycles. The molecule has 2 aromatic rings. The summed E-state index contributed by atoms with van der Waals surface area (Å²) < 4.78 is 1.61. The van der Waals surface area contributed by atoms with E-state index in [1.54, 1.807) is 41.2 Å². The molecule has 0 bridgehead atoms. The minimum absolute atomic E-state index is 0.244. The predicted octanol–water partition coefficient (Wildman–Crippen LogP) is 2.51. The van der Waals surface area contributed by atoms with Gasteiger partial charge in [0.2, 0.25) is 5.91 Å². The van der Waals surface area contributed by atoms with Crippen LogP contribution in [0.1, 0.15) is 36.4 Å². The molecule has 1 atom stereocenters. The van der Waals surface area contributed by atoms with Gasteiger partial charge >= 0.3 is 5.97 Å². The fraction of sp³-hybridized carbons (Fsp3) is 0.316. The van der Waals surface area contributed by atoms with Crippen LogP contribution in [0.4, 0.5) is 0 Å². The number of nitrogens with one attached hydrogen (secondary N) is 1. The minimum Gasteiger partial charge on any atom is -0.481 e. The second kappa shape index (κ2) is 9.28. The van der Waals surface area contributed by atoms with E-state index in [4.69, 9.17) is 10.4 Å². The highest BCUT2D eigenvalue weighted by Crippen LogP contribution is 2.12. The van der Waals surface area contributed by atoms with Crippen LogP contribution < -0.4 is 5.32 Å². The summed E-state index contributed by atoms with van der Waals surface area (Å²) in [5, 5.41) is 20.6. The zero-order valence-corrected chi connectivity index (χ0v) is 13.9. The van der Waals surface area contributed by atoms with Crippen molar-refractivity contribution >= 4 is 11.9 Å². The number of nitrogens with zero attached hydrogens (tertiary/aromatic N) is 2. The Morgan fingerprint density at radius 1 is 1.16 bits per heavy atom. The number of hydrogen-bond acceptors (Lipinski definition) is 3. The number of hydrogen-bond donors (Lipinski definition) is 2. The Balaban J connectivity index is 1.74. The molecule has 6 heteroatoms. The van der Waals surface area contributed by atoms with Gasteiger partial charge in [-0.05, 0) is 49.1 Å². The van der Waals surface area contributed by atoms with Crippen molar-refractivity contribution in [2.24, 2.45) is 0 Å². The van der Waals surface area contributed by atoms with E-state index in [1.807, 2.05) is 12.1 Å². The normalized spacial score (nSPS) is 11.5. The Morgan fingerprint density at radius 3 is 2.44 bits per heavy atom. The lowest BCUT2D eigenvalue weighted by Gasteiger charge is -2.16. The fourth-order valence-electron chi connectivity index (χ4n) is 2.58. The van der Waals surface area contributed by atoms with Gasteiger partial charge in [-0.2, -0.15) is 5.26 Å². The first kappa shape index (κ1) is 18.3. The van der Waals surface area contributed by atoms with Crippen molar-refractivity contribution in [3.8, 4) is 6.07 Å². The van der Waals surface area contributed by atoms with E-state index in [0.717, 1.165) is 24.8 Å². The molecule has 130 valence electrons. The standard InChI is InChI=1S/C19H21N3O3/c20-14-16-8-6-15(7-9-16)5-1-2-10-21-19(25)17(13-18(23)24)22-11-3-4-12-22/h3-4,6-9,11-12,17H,1-2,5,10,13H2,(H,21,25)(H,23,24). The SMILES string of the molecule is N#Cc1ccc(CCCCNC(=O)C(CC(=O)O)n2cccc2)cc1. The summed E-state index contributed by atoms with van der Waals surface area (Å²) in [6, 6.07) is 12.3. The van der Waals surface area contributed by atoms with Crippen LogP contribution >= 0.6 is 0 Å². The minimum atomic E-state index is -1.00. The maximum absolute atomic E-state index is 12.3. The zero-order valence-electron chi connectivity index (χ0n) is 13.9. The molecule has 0 fully saturated rings. The molecule has 1 unspecified atom stereocenters. The highest BCUT2D eigenvalue weighted by Gasteiger charge is 2.22. The first-order valence-corrected chi connectivity index (χ1v) is 8.21. The molecule has 25 heavy (non-hydrogen) atoms. The van der Waals surface area contributed by atoms with E-state index in [-0.39, 0.29) is 12.3 Å². The first-order valence-electron chi connectivity index (χ1n) is 8.21. The number of unbranched alkanes of at least 4 members (excludes halogenated alkanes) is 1. The summed E-state index contributed by atoms with van der Waals surface area (Å²) in [5.41, 5.74) is 1.80. The maximum atomic E-state index is 12.3. The Bertz CT molecular complexity index is 730. The molecule has 0 saturated carbocycles. The first-order chi connectivity index (χ1) is 12.1. The summed E-state index contributed by atoms with van der Waals surface area (Å²) in [6.07, 6.45) is 5.72. The van der Waals surface area contributed by atoms with Crippen molar-refractivity contribution in [1.82, 2.24) is 9.88 Å². The average molecular weight is 339 g/mol. The topological polar surface area (TPSA) is 95.1 Å². The van der Waals surface area contributed by atoms with Gasteiger partial charge < -0.3 is 15.0 Å². The molecule has 0 spiro atoms. The third-order valence-electron chi connectivity index (χ3n) is 3.93. The summed E-state index contributed by atoms with van der Waals surface area (Å²) >= 11 is 0. The van der Waals surface area contributed by atoms with Gasteiger partial charge in [0.15, 0.2) is 0 Å². The lowest BCUT2D eigenvalue weighted by Crippen LogP contribution is -2.34. The van der Waals surface area contributed by atoms with Crippen LogP contribution in [0.5, 0.6) is 0 Å². The largest absolute Gasteiger partial charge is 0.481 e. The number of rotatable bonds is 9. The molecule has 2 N–H and O–H groups in total. The number of aryl methyl sites for hydroxylation is 1. The summed E-state index contributed by atoms with van der Waals surface area (Å²) in [7, 11) is 0. The Hall–Kier alpha value is -3.07. The van der Waals surface area contributed by atoms with Gasteiger partial charge in [-0.3, -0.25) is 9.59 Å². The van der Waals surface area contributed by atoms with Gasteiger partial charge in [0.1, 0.15) is 6.04 Å². The number of benzene rings is 1. The van der Waals surface area contributed by atoms with E-state index >= 15 is 0 Å². The average Bonchev–Trinajstić information content (AvgIpc) is 3.14. The molecule has 0 aliphatic carbocycles. The predicted molar refractivity (Wildman–Crippen MR) is 92.8 cm³/mol. The summed E-state index contributed by atoms with van der Waals surface area (Å²) in [5.74, 6) is -1.29. The number of carboxylic acid groups (broad SMARTS) is 1. The number of aliphatic carboxylic acids is 1. The molecular formula is C19H21N3O3. The lowest BCUT2D eigenvalue weighted by molar-refractivity contribution is -0.140. The third kappa shape index (κ3) is 5.81. The molecule has 6 nitrogen and oxygen atoms in total. The van der Waals surface area contributed by atoms with Gasteiger partial charge in [-0.15, -0.1) is 0 Å². The van der Waals surface area contributed by atoms with Crippen molar-refractivity contribution in [1.29, 1.82) is 5.26 Å². The fourth-order valence-corrected chi connectivity index (χ4v) is 2.58. The van der Waals surface area contributed by atoms with Crippen LogP contribution in [0, 0.1) is 11.3 Å². The molecule has 0 aliphatic rings. The Kier molecular flexibility index (Phi) is 6.78. The second-order valence-corrected chi connectivity index (χ2v) is 5.80. The van der Waals surface area contributed by atoms with Gasteiger partial charge in [0.25, 0.3) is 0 Å². The summed E-state index contributed by atoms with van der Waals surface area (Å²) in [4.78, 5) is 23.2. The van der Waals surface area contributed by atoms with Crippen molar-refractivity contribution in [2.75, 3.05) is 6.54 Å². The zero-order chi connectivity index (χ0) is 18.1. The number of carboxylic acids is 1. The highest BCUT2D eigenvalue weighted by atomic mass is 16.4. The van der Waals surface area contributed by atoms with E-state index in [0.29, 0.717) is 12.1 Å². The van der Waals surface area contributed by atoms with Crippen molar-refractivity contribution in [2.45, 2.75) is 31.7 Å². The molecular weight excluding hydrogens is 318 g/mol. The van der Waals surface area contributed by atoms with E-state index in [2.05, 4.69) is 11.4 Å². The number of amides is 1. The van der Waals surface area contributed by atoms with Gasteiger partial charge in [0, 0.05) is 18.9 Å². The van der Waals surface area contributed by atoms with Crippen molar-refractivity contribution in [3.05, 3.63) is 59.9 Å². The third-order valence-corrected chi connectivity index (χ3v) is 3.93. The van der Waals surface area contributed by atoms with Crippen LogP contribution in [0.25, 0.3) is 0 Å². The molecule has 1 heterocycles. The van der Waals surface area contributed by atoms with Crippen LogP contribution in [-0.4, -0.2) is 28.1 Å². The van der Waals surface area contributed by atoms with E-state index in [1.165, 1.54) is 0 Å². The molecule has 0 radical (unpaired) electrons. The van der Waals surface area contributed by atoms with Crippen molar-refractivity contribution < 1.29 is 14.7 Å². The van der Waals surface area contributed by atoms with Crippen LogP contribution in [0.3, 0.4) is 0 Å². The van der Waals surface area contributed by atoms with Gasteiger partial charge in [0.05, 0.1) is 18.1 Å².